The topological polar surface area (TPSA) is 80.2 Å². The van der Waals surface area contributed by atoms with Crippen molar-refractivity contribution in [1.29, 1.82) is 0 Å². The lowest BCUT2D eigenvalue weighted by Crippen LogP contribution is -2.17. The normalized spacial score (nSPS) is 10.5. The fourth-order valence-electron chi connectivity index (χ4n) is 1.93. The van der Waals surface area contributed by atoms with Gasteiger partial charge in [0.1, 0.15) is 5.75 Å². The second kappa shape index (κ2) is 7.84. The molecule has 0 aliphatic heterocycles. The number of nitrogens with one attached hydrogen (secondary N) is 1. The summed E-state index contributed by atoms with van der Waals surface area (Å²) in [6.07, 6.45) is 1.49. The van der Waals surface area contributed by atoms with Crippen molar-refractivity contribution in [3.05, 3.63) is 53.6 Å². The Bertz CT molecular complexity index is 696. The van der Waals surface area contributed by atoms with Gasteiger partial charge in [-0.15, -0.1) is 0 Å². The fraction of sp³-hybridized carbons (Fsp3) is 0.176. The Hall–Kier alpha value is -3.02. The smallest absolute Gasteiger partial charge is 0.271 e. The van der Waals surface area contributed by atoms with Crippen molar-refractivity contribution >= 4 is 12.1 Å². The first-order valence-electron chi connectivity index (χ1n) is 7.08. The van der Waals surface area contributed by atoms with Crippen molar-refractivity contribution in [2.24, 2.45) is 5.10 Å². The number of amides is 1. The molecule has 0 bridgehead atoms. The highest BCUT2D eigenvalue weighted by Crippen LogP contribution is 2.29. The molecule has 0 unspecified atom stereocenters. The summed E-state index contributed by atoms with van der Waals surface area (Å²) in [5.74, 6) is 0.894. The van der Waals surface area contributed by atoms with Crippen LogP contribution >= 0.6 is 0 Å². The van der Waals surface area contributed by atoms with Gasteiger partial charge in [0, 0.05) is 11.1 Å². The van der Waals surface area contributed by atoms with E-state index < -0.39 is 0 Å². The molecule has 2 rings (SSSR count). The Kier molecular flexibility index (Phi) is 5.57. The van der Waals surface area contributed by atoms with Gasteiger partial charge in [0.2, 0.25) is 0 Å². The highest BCUT2D eigenvalue weighted by atomic mass is 16.5. The first kappa shape index (κ1) is 16.4. The van der Waals surface area contributed by atoms with Crippen molar-refractivity contribution in [1.82, 2.24) is 5.43 Å². The minimum Gasteiger partial charge on any atom is -0.508 e. The zero-order valence-electron chi connectivity index (χ0n) is 12.9. The zero-order chi connectivity index (χ0) is 16.7. The maximum absolute atomic E-state index is 11.9. The van der Waals surface area contributed by atoms with Gasteiger partial charge in [-0.2, -0.15) is 5.10 Å². The second-order valence-corrected chi connectivity index (χ2v) is 4.56. The summed E-state index contributed by atoms with van der Waals surface area (Å²) in [6, 6.07) is 11.3. The molecule has 2 N–H and O–H groups in total. The number of nitrogens with zero attached hydrogens (tertiary/aromatic N) is 1. The van der Waals surface area contributed by atoms with Crippen molar-refractivity contribution in [3.8, 4) is 17.2 Å². The minimum atomic E-state index is -0.373. The summed E-state index contributed by atoms with van der Waals surface area (Å²) in [4.78, 5) is 11.9. The lowest BCUT2D eigenvalue weighted by Gasteiger charge is -2.11. The maximum atomic E-state index is 11.9. The largest absolute Gasteiger partial charge is 0.508 e. The van der Waals surface area contributed by atoms with Crippen LogP contribution in [-0.2, 0) is 0 Å². The summed E-state index contributed by atoms with van der Waals surface area (Å²) in [5, 5.41) is 13.1. The number of benzene rings is 2. The molecule has 0 spiro atoms. The van der Waals surface area contributed by atoms with E-state index in [9.17, 15) is 9.90 Å². The van der Waals surface area contributed by atoms with Crippen molar-refractivity contribution in [2.45, 2.75) is 6.92 Å². The van der Waals surface area contributed by atoms with E-state index in [1.54, 1.807) is 13.2 Å². The monoisotopic (exact) mass is 314 g/mol. The van der Waals surface area contributed by atoms with Crippen LogP contribution in [0.2, 0.25) is 0 Å². The van der Waals surface area contributed by atoms with Crippen LogP contribution in [0.3, 0.4) is 0 Å². The molecule has 120 valence electrons. The van der Waals surface area contributed by atoms with Gasteiger partial charge in [-0.05, 0) is 43.3 Å². The third-order valence-corrected chi connectivity index (χ3v) is 3.02. The Balaban J connectivity index is 2.11. The summed E-state index contributed by atoms with van der Waals surface area (Å²) in [5.41, 5.74) is 3.52. The highest BCUT2D eigenvalue weighted by molar-refractivity contribution is 5.95. The molecule has 0 heterocycles. The number of aromatic hydroxyl groups is 1. The molecule has 0 aromatic heterocycles. The summed E-state index contributed by atoms with van der Waals surface area (Å²) >= 11 is 0. The van der Waals surface area contributed by atoms with Gasteiger partial charge >= 0.3 is 0 Å². The summed E-state index contributed by atoms with van der Waals surface area (Å²) in [6.45, 7) is 2.36. The number of hydrogen-bond donors (Lipinski definition) is 2. The first-order valence-corrected chi connectivity index (χ1v) is 7.08. The van der Waals surface area contributed by atoms with Crippen LogP contribution in [0, 0.1) is 0 Å². The number of hydrogen-bond acceptors (Lipinski definition) is 5. The van der Waals surface area contributed by atoms with Crippen LogP contribution in [0.1, 0.15) is 22.8 Å². The predicted molar refractivity (Wildman–Crippen MR) is 87.3 cm³/mol. The molecule has 6 nitrogen and oxygen atoms in total. The average Bonchev–Trinajstić information content (AvgIpc) is 2.56. The molecule has 0 radical (unpaired) electrons. The van der Waals surface area contributed by atoms with E-state index in [1.165, 1.54) is 30.5 Å². The molecule has 6 heteroatoms. The lowest BCUT2D eigenvalue weighted by molar-refractivity contribution is 0.0955. The van der Waals surface area contributed by atoms with Crippen LogP contribution < -0.4 is 14.9 Å². The molecule has 1 amide bonds. The SMILES string of the molecule is CCOc1c(/C=N\NC(=O)c2ccc(O)cc2)cccc1OC. The van der Waals surface area contributed by atoms with Crippen molar-refractivity contribution < 1.29 is 19.4 Å². The van der Waals surface area contributed by atoms with Gasteiger partial charge in [-0.3, -0.25) is 4.79 Å². The number of para-hydroxylation sites is 1. The number of ether oxygens (including phenoxy) is 2. The zero-order valence-corrected chi connectivity index (χ0v) is 12.9. The van der Waals surface area contributed by atoms with E-state index in [-0.39, 0.29) is 11.7 Å². The number of carbonyl (C=O) groups is 1. The van der Waals surface area contributed by atoms with Gasteiger partial charge in [-0.1, -0.05) is 6.07 Å². The molecule has 0 saturated carbocycles. The number of phenolic OH excluding ortho intramolecular Hbond substituents is 1. The number of phenols is 1. The van der Waals surface area contributed by atoms with Gasteiger partial charge in [0.15, 0.2) is 11.5 Å². The van der Waals surface area contributed by atoms with E-state index in [1.807, 2.05) is 19.1 Å². The van der Waals surface area contributed by atoms with Crippen LogP contribution in [0.4, 0.5) is 0 Å². The van der Waals surface area contributed by atoms with Gasteiger partial charge in [0.05, 0.1) is 19.9 Å². The molecular formula is C17H18N2O4. The fourth-order valence-corrected chi connectivity index (χ4v) is 1.93. The molecular weight excluding hydrogens is 296 g/mol. The Morgan fingerprint density at radius 3 is 2.65 bits per heavy atom. The van der Waals surface area contributed by atoms with Gasteiger partial charge in [0.25, 0.3) is 5.91 Å². The molecule has 2 aromatic rings. The second-order valence-electron chi connectivity index (χ2n) is 4.56. The molecule has 0 fully saturated rings. The molecule has 23 heavy (non-hydrogen) atoms. The predicted octanol–water partition coefficient (Wildman–Crippen LogP) is 2.56. The third kappa shape index (κ3) is 4.23. The molecule has 0 aliphatic carbocycles. The van der Waals surface area contributed by atoms with Gasteiger partial charge < -0.3 is 14.6 Å². The minimum absolute atomic E-state index is 0.0998. The van der Waals surface area contributed by atoms with Crippen LogP contribution in [0.15, 0.2) is 47.6 Å². The summed E-state index contributed by atoms with van der Waals surface area (Å²) in [7, 11) is 1.56. The maximum Gasteiger partial charge on any atom is 0.271 e. The van der Waals surface area contributed by atoms with Crippen LogP contribution in [0.25, 0.3) is 0 Å². The molecule has 0 aliphatic rings. The number of methoxy groups -OCH3 is 1. The van der Waals surface area contributed by atoms with Gasteiger partial charge in [-0.25, -0.2) is 5.43 Å². The third-order valence-electron chi connectivity index (χ3n) is 3.02. The number of hydrazone groups is 1. The standard InChI is InChI=1S/C17H18N2O4/c1-3-23-16-13(5-4-6-15(16)22-2)11-18-19-17(21)12-7-9-14(20)10-8-12/h4-11,20H,3H2,1-2H3,(H,19,21)/b18-11-. The average molecular weight is 314 g/mol. The van der Waals surface area contributed by atoms with E-state index in [0.717, 1.165) is 0 Å². The molecule has 2 aromatic carbocycles. The Morgan fingerprint density at radius 2 is 2.00 bits per heavy atom. The van der Waals surface area contributed by atoms with Crippen LogP contribution in [-0.4, -0.2) is 30.9 Å². The molecule has 0 atom stereocenters. The number of rotatable bonds is 6. The van der Waals surface area contributed by atoms with E-state index in [2.05, 4.69) is 10.5 Å². The quantitative estimate of drug-likeness (QED) is 0.634. The van der Waals surface area contributed by atoms with Crippen molar-refractivity contribution in [2.75, 3.05) is 13.7 Å². The summed E-state index contributed by atoms with van der Waals surface area (Å²) < 4.78 is 10.8. The van der Waals surface area contributed by atoms with E-state index >= 15 is 0 Å². The lowest BCUT2D eigenvalue weighted by atomic mass is 10.2. The van der Waals surface area contributed by atoms with Crippen molar-refractivity contribution in [3.63, 3.8) is 0 Å². The van der Waals surface area contributed by atoms with E-state index in [0.29, 0.717) is 29.2 Å². The van der Waals surface area contributed by atoms with E-state index in [4.69, 9.17) is 9.47 Å². The highest BCUT2D eigenvalue weighted by Gasteiger charge is 2.09. The molecule has 0 saturated heterocycles. The Morgan fingerprint density at radius 1 is 1.26 bits per heavy atom. The number of carbonyl (C=O) groups excluding carboxylic acids is 1. The first-order chi connectivity index (χ1) is 11.2. The van der Waals surface area contributed by atoms with Crippen LogP contribution in [0.5, 0.6) is 17.2 Å². The Labute approximate surface area is 134 Å².